The van der Waals surface area contributed by atoms with Crippen LogP contribution >= 0.6 is 0 Å². The van der Waals surface area contributed by atoms with E-state index in [2.05, 4.69) is 12.8 Å². The van der Waals surface area contributed by atoms with E-state index in [-0.39, 0.29) is 49.6 Å². The minimum atomic E-state index is -2.67. The molecule has 4 nitrogen and oxygen atoms in total. The van der Waals surface area contributed by atoms with Crippen molar-refractivity contribution in [2.24, 2.45) is 0 Å². The Morgan fingerprint density at radius 3 is 2.71 bits per heavy atom. The second kappa shape index (κ2) is 6.62. The Balaban J connectivity index is 0.00000256. The van der Waals surface area contributed by atoms with Crippen LogP contribution in [0.3, 0.4) is 0 Å². The molecule has 0 aliphatic carbocycles. The van der Waals surface area contributed by atoms with Crippen molar-refractivity contribution in [3.63, 3.8) is 0 Å². The van der Waals surface area contributed by atoms with Crippen LogP contribution in [-0.4, -0.2) is 28.9 Å². The van der Waals surface area contributed by atoms with Gasteiger partial charge in [0.1, 0.15) is 0 Å². The van der Waals surface area contributed by atoms with Crippen molar-refractivity contribution in [1.82, 2.24) is 4.90 Å². The van der Waals surface area contributed by atoms with Crippen molar-refractivity contribution >= 4 is 5.97 Å². The first kappa shape index (κ1) is 15.9. The molecule has 0 spiro atoms. The Hall–Kier alpha value is -1.06. The molecule has 0 unspecified atom stereocenters. The Kier molecular flexibility index (Phi) is 6.21. The number of hydrogen-bond donors (Lipinski definition) is 1. The fourth-order valence-corrected chi connectivity index (χ4v) is 1.12. The average Bonchev–Trinajstić information content (AvgIpc) is 2.20. The van der Waals surface area contributed by atoms with E-state index in [4.69, 9.17) is 10.4 Å². The summed E-state index contributed by atoms with van der Waals surface area (Å²) in [5.74, 6) is -1.33. The smallest absolute Gasteiger partial charge is 0.254 e. The van der Waals surface area contributed by atoms with Gasteiger partial charge in [0, 0.05) is 32.7 Å². The van der Waals surface area contributed by atoms with Crippen LogP contribution in [0.1, 0.15) is 0 Å². The minimum Gasteiger partial charge on any atom is -0.521 e. The van der Waals surface area contributed by atoms with Gasteiger partial charge in [0.25, 0.3) is 6.43 Å². The van der Waals surface area contributed by atoms with Crippen molar-refractivity contribution in [3.05, 3.63) is 35.7 Å². The molecule has 87 valence electrons. The number of aliphatic carboxylic acids is 1. The molecular formula is C10H7F2N2O2Y-. The summed E-state index contributed by atoms with van der Waals surface area (Å²) in [6, 6.07) is 1.69. The number of allylic oxidation sites excluding steroid dienone is 1. The van der Waals surface area contributed by atoms with E-state index in [1.54, 1.807) is 6.07 Å². The molecule has 1 aliphatic heterocycles. The van der Waals surface area contributed by atoms with Crippen molar-refractivity contribution in [2.75, 3.05) is 6.54 Å². The number of carbonyl (C=O) groups is 1. The third-order valence-corrected chi connectivity index (χ3v) is 1.85. The predicted molar refractivity (Wildman–Crippen MR) is 49.9 cm³/mol. The van der Waals surface area contributed by atoms with Crippen LogP contribution in [-0.2, 0) is 37.5 Å². The van der Waals surface area contributed by atoms with E-state index >= 15 is 0 Å². The number of carboxylic acid groups (broad SMARTS) is 1. The van der Waals surface area contributed by atoms with Crippen LogP contribution in [0.2, 0.25) is 0 Å². The normalized spacial score (nSPS) is 14.7. The monoisotopic (exact) mass is 314 g/mol. The van der Waals surface area contributed by atoms with Gasteiger partial charge < -0.3 is 14.8 Å². The van der Waals surface area contributed by atoms with Crippen LogP contribution in [0.4, 0.5) is 8.78 Å². The van der Waals surface area contributed by atoms with Crippen molar-refractivity contribution < 1.29 is 51.4 Å². The average molecular weight is 314 g/mol. The number of carboxylic acids is 1. The van der Waals surface area contributed by atoms with E-state index in [1.807, 2.05) is 0 Å². The summed E-state index contributed by atoms with van der Waals surface area (Å²) < 4.78 is 24.3. The SMILES string of the molecule is C=C1C(C#N)=CC(C(=O)O)=[C-]N1CC(F)F.[Y]. The number of rotatable bonds is 3. The van der Waals surface area contributed by atoms with E-state index in [1.165, 1.54) is 0 Å². The fourth-order valence-electron chi connectivity index (χ4n) is 1.12. The molecule has 0 bridgehead atoms. The standard InChI is InChI=1S/C10H7F2N2O2.Y/c1-6-7(3-13)2-8(10(15)16)4-14(6)5-9(11)12;/h2,9H,1,5H2,(H,15,16);/q-1;. The fraction of sp³-hybridized carbons (Fsp3) is 0.200. The van der Waals surface area contributed by atoms with E-state index in [0.29, 0.717) is 0 Å². The maximum atomic E-state index is 12.2. The van der Waals surface area contributed by atoms with Gasteiger partial charge in [0.05, 0.1) is 12.6 Å². The summed E-state index contributed by atoms with van der Waals surface area (Å²) in [6.07, 6.45) is 0.621. The number of nitriles is 1. The largest absolute Gasteiger partial charge is 0.521 e. The van der Waals surface area contributed by atoms with Gasteiger partial charge in [0.15, 0.2) is 0 Å². The predicted octanol–water partition coefficient (Wildman–Crippen LogP) is 1.30. The summed E-state index contributed by atoms with van der Waals surface area (Å²) >= 11 is 0. The van der Waals surface area contributed by atoms with Gasteiger partial charge in [-0.1, -0.05) is 6.20 Å². The number of alkyl halides is 2. The Morgan fingerprint density at radius 2 is 2.29 bits per heavy atom. The molecular weight excluding hydrogens is 307 g/mol. The van der Waals surface area contributed by atoms with Crippen molar-refractivity contribution in [1.29, 1.82) is 5.26 Å². The quantitative estimate of drug-likeness (QED) is 0.798. The molecule has 0 aromatic rings. The van der Waals surface area contributed by atoms with E-state index in [0.717, 1.165) is 11.0 Å². The molecule has 17 heavy (non-hydrogen) atoms. The molecule has 0 saturated heterocycles. The molecule has 0 saturated carbocycles. The maximum Gasteiger partial charge on any atom is 0.254 e. The van der Waals surface area contributed by atoms with Crippen LogP contribution in [0.25, 0.3) is 0 Å². The molecule has 1 rings (SSSR count). The van der Waals surface area contributed by atoms with E-state index < -0.39 is 18.9 Å². The first-order valence-electron chi connectivity index (χ1n) is 4.19. The molecule has 1 N–H and O–H groups in total. The van der Waals surface area contributed by atoms with Crippen molar-refractivity contribution in [3.8, 4) is 6.07 Å². The summed E-state index contributed by atoms with van der Waals surface area (Å²) in [5.41, 5.74) is -0.380. The maximum absolute atomic E-state index is 12.2. The van der Waals surface area contributed by atoms with Gasteiger partial charge >= 0.3 is 0 Å². The number of halogens is 2. The summed E-state index contributed by atoms with van der Waals surface area (Å²) in [6.45, 7) is 2.69. The summed E-state index contributed by atoms with van der Waals surface area (Å²) in [4.78, 5) is 11.5. The molecule has 1 radical (unpaired) electrons. The minimum absolute atomic E-state index is 0. The number of hydrogen-bond acceptors (Lipinski definition) is 3. The van der Waals surface area contributed by atoms with E-state index in [9.17, 15) is 13.6 Å². The second-order valence-corrected chi connectivity index (χ2v) is 2.95. The topological polar surface area (TPSA) is 64.3 Å². The molecule has 0 atom stereocenters. The molecule has 7 heteroatoms. The zero-order chi connectivity index (χ0) is 12.3. The first-order valence-corrected chi connectivity index (χ1v) is 4.19. The molecule has 1 heterocycles. The molecule has 0 amide bonds. The van der Waals surface area contributed by atoms with Crippen LogP contribution in [0.5, 0.6) is 0 Å². The molecule has 0 fully saturated rings. The van der Waals surface area contributed by atoms with Crippen LogP contribution < -0.4 is 0 Å². The van der Waals surface area contributed by atoms with Crippen LogP contribution in [0.15, 0.2) is 29.5 Å². The van der Waals surface area contributed by atoms with Gasteiger partial charge in [0.2, 0.25) is 5.97 Å². The van der Waals surface area contributed by atoms with Gasteiger partial charge in [-0.05, 0) is 16.8 Å². The third-order valence-electron chi connectivity index (χ3n) is 1.85. The summed E-state index contributed by atoms with van der Waals surface area (Å²) in [5, 5.41) is 17.4. The Bertz CT molecular complexity index is 438. The van der Waals surface area contributed by atoms with Gasteiger partial charge in [-0.25, -0.2) is 8.78 Å². The summed E-state index contributed by atoms with van der Waals surface area (Å²) in [7, 11) is 0. The Morgan fingerprint density at radius 1 is 1.71 bits per heavy atom. The second-order valence-electron chi connectivity index (χ2n) is 2.95. The van der Waals surface area contributed by atoms with Crippen molar-refractivity contribution in [2.45, 2.75) is 6.43 Å². The first-order chi connectivity index (χ1) is 7.45. The zero-order valence-corrected chi connectivity index (χ0v) is 11.5. The third kappa shape index (κ3) is 4.02. The Labute approximate surface area is 122 Å². The number of nitrogens with zero attached hydrogens (tertiary/aromatic N) is 2. The zero-order valence-electron chi connectivity index (χ0n) is 8.65. The van der Waals surface area contributed by atoms with Gasteiger partial charge in [-0.15, -0.1) is 12.7 Å². The van der Waals surface area contributed by atoms with Gasteiger partial charge in [-0.2, -0.15) is 5.26 Å². The molecule has 0 aromatic carbocycles. The van der Waals surface area contributed by atoms with Gasteiger partial charge in [-0.3, -0.25) is 0 Å². The van der Waals surface area contributed by atoms with Crippen LogP contribution in [0, 0.1) is 17.5 Å². The molecule has 0 aromatic heterocycles. The molecule has 1 aliphatic rings.